The van der Waals surface area contributed by atoms with Crippen molar-refractivity contribution < 1.29 is 4.79 Å². The summed E-state index contributed by atoms with van der Waals surface area (Å²) in [4.78, 5) is 13.0. The number of nitrogens with one attached hydrogen (secondary N) is 2. The van der Waals surface area contributed by atoms with Crippen LogP contribution in [-0.2, 0) is 17.6 Å². The number of anilines is 1. The summed E-state index contributed by atoms with van der Waals surface area (Å²) in [5, 5.41) is 6.71. The number of nitrogens with two attached hydrogens (primary N) is 1. The van der Waals surface area contributed by atoms with Gasteiger partial charge >= 0.3 is 0 Å². The molecule has 0 aromatic heterocycles. The molecule has 0 saturated carbocycles. The Morgan fingerprint density at radius 3 is 2.47 bits per heavy atom. The zero-order valence-corrected chi connectivity index (χ0v) is 19.2. The van der Waals surface area contributed by atoms with Crippen LogP contribution in [0.15, 0.2) is 60.7 Å². The van der Waals surface area contributed by atoms with Crippen LogP contribution in [0.1, 0.15) is 51.4 Å². The van der Waals surface area contributed by atoms with E-state index in [-0.39, 0.29) is 11.9 Å². The normalized spacial score (nSPS) is 16.1. The van der Waals surface area contributed by atoms with Crippen molar-refractivity contribution >= 4 is 11.6 Å². The molecule has 166 valence electrons. The Bertz CT molecular complexity index is 1080. The molecule has 0 bridgehead atoms. The molecule has 0 saturated heterocycles. The number of hydrogen-bond donors (Lipinski definition) is 3. The predicted molar refractivity (Wildman–Crippen MR) is 132 cm³/mol. The van der Waals surface area contributed by atoms with E-state index in [9.17, 15) is 4.79 Å². The molecule has 0 fully saturated rings. The van der Waals surface area contributed by atoms with E-state index in [0.717, 1.165) is 30.6 Å². The number of hydrogen-bond acceptors (Lipinski definition) is 3. The maximum Gasteiger partial charge on any atom is 0.237 e. The zero-order chi connectivity index (χ0) is 22.7. The summed E-state index contributed by atoms with van der Waals surface area (Å²) >= 11 is 0. The SMILES string of the molecule is Cc1cc(C)c(C[C@H](N)C(=O)N[C@H]2CCNc3cc(Cc4ccccc4)ccc32)c(C)c1. The quantitative estimate of drug-likeness (QED) is 0.532. The lowest BCUT2D eigenvalue weighted by molar-refractivity contribution is -0.123. The first-order chi connectivity index (χ1) is 15.4. The molecule has 0 radical (unpaired) electrons. The Kier molecular flexibility index (Phi) is 6.61. The van der Waals surface area contributed by atoms with Gasteiger partial charge in [-0.1, -0.05) is 60.2 Å². The van der Waals surface area contributed by atoms with Crippen LogP contribution in [0, 0.1) is 20.8 Å². The van der Waals surface area contributed by atoms with Crippen LogP contribution < -0.4 is 16.4 Å². The number of rotatable bonds is 6. The van der Waals surface area contributed by atoms with Crippen LogP contribution in [0.3, 0.4) is 0 Å². The smallest absolute Gasteiger partial charge is 0.237 e. The number of carbonyl (C=O) groups excluding carboxylic acids is 1. The Morgan fingerprint density at radius 2 is 1.75 bits per heavy atom. The molecule has 0 aliphatic carbocycles. The summed E-state index contributed by atoms with van der Waals surface area (Å²) < 4.78 is 0. The fourth-order valence-corrected chi connectivity index (χ4v) is 4.78. The first kappa shape index (κ1) is 22.1. The highest BCUT2D eigenvalue weighted by Crippen LogP contribution is 2.31. The number of fused-ring (bicyclic) bond motifs is 1. The first-order valence-corrected chi connectivity index (χ1v) is 11.4. The summed E-state index contributed by atoms with van der Waals surface area (Å²) in [6.45, 7) is 7.11. The van der Waals surface area contributed by atoms with Crippen LogP contribution >= 0.6 is 0 Å². The lowest BCUT2D eigenvalue weighted by atomic mass is 9.92. The Balaban J connectivity index is 1.44. The maximum atomic E-state index is 13.0. The molecule has 1 aliphatic heterocycles. The monoisotopic (exact) mass is 427 g/mol. The van der Waals surface area contributed by atoms with Crippen molar-refractivity contribution in [1.29, 1.82) is 0 Å². The van der Waals surface area contributed by atoms with Crippen LogP contribution in [0.25, 0.3) is 0 Å². The largest absolute Gasteiger partial charge is 0.385 e. The van der Waals surface area contributed by atoms with Gasteiger partial charge in [0.2, 0.25) is 5.91 Å². The molecule has 4 rings (SSSR count). The van der Waals surface area contributed by atoms with Crippen molar-refractivity contribution in [3.63, 3.8) is 0 Å². The van der Waals surface area contributed by atoms with Gasteiger partial charge in [0.05, 0.1) is 12.1 Å². The summed E-state index contributed by atoms with van der Waals surface area (Å²) in [6, 6.07) is 20.7. The van der Waals surface area contributed by atoms with Gasteiger partial charge < -0.3 is 16.4 Å². The van der Waals surface area contributed by atoms with E-state index in [1.54, 1.807) is 0 Å². The summed E-state index contributed by atoms with van der Waals surface area (Å²) in [5.74, 6) is -0.0874. The van der Waals surface area contributed by atoms with Gasteiger partial charge in [0.25, 0.3) is 0 Å². The van der Waals surface area contributed by atoms with Gasteiger partial charge in [-0.2, -0.15) is 0 Å². The van der Waals surface area contributed by atoms with Gasteiger partial charge in [-0.05, 0) is 79.5 Å². The van der Waals surface area contributed by atoms with E-state index in [4.69, 9.17) is 5.73 Å². The second kappa shape index (κ2) is 9.58. The number of carbonyl (C=O) groups is 1. The lowest BCUT2D eigenvalue weighted by Crippen LogP contribution is -2.44. The molecule has 32 heavy (non-hydrogen) atoms. The minimum absolute atomic E-state index is 0.0178. The average Bonchev–Trinajstić information content (AvgIpc) is 2.76. The fraction of sp³-hybridized carbons (Fsp3) is 0.321. The van der Waals surface area contributed by atoms with Crippen molar-refractivity contribution in [3.8, 4) is 0 Å². The minimum atomic E-state index is -0.564. The maximum absolute atomic E-state index is 13.0. The average molecular weight is 428 g/mol. The predicted octanol–water partition coefficient (Wildman–Crippen LogP) is 4.75. The Morgan fingerprint density at radius 1 is 1.03 bits per heavy atom. The molecule has 1 heterocycles. The van der Waals surface area contributed by atoms with Crippen molar-refractivity contribution in [1.82, 2.24) is 5.32 Å². The van der Waals surface area contributed by atoms with Crippen LogP contribution in [-0.4, -0.2) is 18.5 Å². The van der Waals surface area contributed by atoms with Crippen LogP contribution in [0.5, 0.6) is 0 Å². The van der Waals surface area contributed by atoms with Crippen molar-refractivity contribution in [2.45, 2.75) is 52.1 Å². The highest BCUT2D eigenvalue weighted by Gasteiger charge is 2.25. The highest BCUT2D eigenvalue weighted by molar-refractivity contribution is 5.82. The molecule has 3 aromatic rings. The molecule has 4 nitrogen and oxygen atoms in total. The standard InChI is InChI=1S/C28H33N3O/c1-18-13-19(2)24(20(3)14-18)17-25(29)28(32)31-26-11-12-30-27-16-22(9-10-23(26)27)15-21-7-5-4-6-8-21/h4-10,13-14,16,25-26,30H,11-12,15,17,29H2,1-3H3,(H,31,32)/t25-,26-/m0/s1. The van der Waals surface area contributed by atoms with E-state index in [0.29, 0.717) is 6.42 Å². The van der Waals surface area contributed by atoms with E-state index >= 15 is 0 Å². The highest BCUT2D eigenvalue weighted by atomic mass is 16.2. The van der Waals surface area contributed by atoms with Gasteiger partial charge in [0.15, 0.2) is 0 Å². The third-order valence-corrected chi connectivity index (χ3v) is 6.41. The van der Waals surface area contributed by atoms with E-state index < -0.39 is 6.04 Å². The molecule has 1 aliphatic rings. The number of benzene rings is 3. The van der Waals surface area contributed by atoms with Crippen molar-refractivity contribution in [2.75, 3.05) is 11.9 Å². The molecule has 4 heteroatoms. The molecule has 2 atom stereocenters. The van der Waals surface area contributed by atoms with Gasteiger partial charge in [0.1, 0.15) is 0 Å². The van der Waals surface area contributed by atoms with E-state index in [1.165, 1.54) is 33.4 Å². The second-order valence-electron chi connectivity index (χ2n) is 9.05. The summed E-state index contributed by atoms with van der Waals surface area (Å²) in [5.41, 5.74) is 15.9. The number of amides is 1. The third kappa shape index (κ3) is 5.03. The lowest BCUT2D eigenvalue weighted by Gasteiger charge is -2.29. The number of aryl methyl sites for hydroxylation is 3. The molecular formula is C28H33N3O. The Hall–Kier alpha value is -3.11. The van der Waals surface area contributed by atoms with Crippen LogP contribution in [0.2, 0.25) is 0 Å². The zero-order valence-electron chi connectivity index (χ0n) is 19.2. The molecule has 1 amide bonds. The van der Waals surface area contributed by atoms with Crippen molar-refractivity contribution in [2.24, 2.45) is 5.73 Å². The van der Waals surface area contributed by atoms with Crippen molar-refractivity contribution in [3.05, 3.63) is 99.6 Å². The van der Waals surface area contributed by atoms with Crippen LogP contribution in [0.4, 0.5) is 5.69 Å². The third-order valence-electron chi connectivity index (χ3n) is 6.41. The van der Waals surface area contributed by atoms with E-state index in [2.05, 4.69) is 86.0 Å². The minimum Gasteiger partial charge on any atom is -0.385 e. The fourth-order valence-electron chi connectivity index (χ4n) is 4.78. The van der Waals surface area contributed by atoms with E-state index in [1.807, 2.05) is 6.07 Å². The van der Waals surface area contributed by atoms with Gasteiger partial charge in [0, 0.05) is 12.2 Å². The molecule has 0 spiro atoms. The van der Waals surface area contributed by atoms with Gasteiger partial charge in [-0.15, -0.1) is 0 Å². The Labute approximate surface area is 191 Å². The van der Waals surface area contributed by atoms with Gasteiger partial charge in [-0.25, -0.2) is 0 Å². The molecule has 4 N–H and O–H groups in total. The molecule has 0 unspecified atom stereocenters. The summed E-state index contributed by atoms with van der Waals surface area (Å²) in [6.07, 6.45) is 2.30. The molecular weight excluding hydrogens is 394 g/mol. The first-order valence-electron chi connectivity index (χ1n) is 11.4. The second-order valence-corrected chi connectivity index (χ2v) is 9.05. The topological polar surface area (TPSA) is 67.2 Å². The summed E-state index contributed by atoms with van der Waals surface area (Å²) in [7, 11) is 0. The molecule has 3 aromatic carbocycles. The van der Waals surface area contributed by atoms with Gasteiger partial charge in [-0.3, -0.25) is 4.79 Å².